The van der Waals surface area contributed by atoms with E-state index in [0.717, 1.165) is 33.9 Å². The van der Waals surface area contributed by atoms with Crippen LogP contribution in [0.1, 0.15) is 23.6 Å². The summed E-state index contributed by atoms with van der Waals surface area (Å²) in [6.07, 6.45) is 2.85. The molecule has 5 heteroatoms. The molecule has 0 heterocycles. The van der Waals surface area contributed by atoms with Gasteiger partial charge in [-0.3, -0.25) is 0 Å². The third-order valence-electron chi connectivity index (χ3n) is 4.96. The minimum atomic E-state index is -0.947. The minimum Gasteiger partial charge on any atom is -0.493 e. The van der Waals surface area contributed by atoms with E-state index in [-0.39, 0.29) is 6.79 Å². The topological polar surface area (TPSA) is 65.0 Å². The Morgan fingerprint density at radius 1 is 1.07 bits per heavy atom. The molecule has 5 nitrogen and oxygen atoms in total. The van der Waals surface area contributed by atoms with E-state index in [1.165, 1.54) is 0 Å². The van der Waals surface area contributed by atoms with Crippen LogP contribution < -0.4 is 9.47 Å². The van der Waals surface area contributed by atoms with Gasteiger partial charge < -0.3 is 19.3 Å². The predicted molar refractivity (Wildman–Crippen MR) is 118 cm³/mol. The van der Waals surface area contributed by atoms with Gasteiger partial charge in [0.15, 0.2) is 18.3 Å². The van der Waals surface area contributed by atoms with Gasteiger partial charge in [-0.1, -0.05) is 55.5 Å². The van der Waals surface area contributed by atoms with Crippen LogP contribution in [0.5, 0.6) is 11.5 Å². The molecule has 3 aromatic rings. The SMILES string of the molecule is CCc1cccc2c(/C=C(\Cc3ccccc3)C(=O)O)cc(OC)c(OCOC)c12. The fraction of sp³-hybridized carbons (Fsp3) is 0.240. The van der Waals surface area contributed by atoms with Crippen molar-refractivity contribution in [3.8, 4) is 11.5 Å². The molecule has 0 spiro atoms. The van der Waals surface area contributed by atoms with Crippen molar-refractivity contribution in [2.75, 3.05) is 21.0 Å². The maximum atomic E-state index is 12.0. The molecule has 0 aliphatic carbocycles. The van der Waals surface area contributed by atoms with Crippen molar-refractivity contribution in [1.29, 1.82) is 0 Å². The van der Waals surface area contributed by atoms with Gasteiger partial charge in [-0.2, -0.15) is 0 Å². The van der Waals surface area contributed by atoms with Crippen molar-refractivity contribution >= 4 is 22.8 Å². The zero-order valence-corrected chi connectivity index (χ0v) is 17.5. The number of fused-ring (bicyclic) bond motifs is 1. The first-order valence-electron chi connectivity index (χ1n) is 9.81. The Labute approximate surface area is 176 Å². The Hall–Kier alpha value is -3.31. The van der Waals surface area contributed by atoms with Crippen LogP contribution in [0.4, 0.5) is 0 Å². The van der Waals surface area contributed by atoms with E-state index in [2.05, 4.69) is 6.92 Å². The number of methoxy groups -OCH3 is 2. The van der Waals surface area contributed by atoms with Gasteiger partial charge >= 0.3 is 5.97 Å². The van der Waals surface area contributed by atoms with Crippen LogP contribution in [-0.4, -0.2) is 32.1 Å². The van der Waals surface area contributed by atoms with Gasteiger partial charge in [0.1, 0.15) is 0 Å². The number of carbonyl (C=O) groups is 1. The third kappa shape index (κ3) is 4.63. The molecule has 30 heavy (non-hydrogen) atoms. The number of aryl methyl sites for hydroxylation is 1. The summed E-state index contributed by atoms with van der Waals surface area (Å²) in [5, 5.41) is 11.6. The Bertz CT molecular complexity index is 1050. The smallest absolute Gasteiger partial charge is 0.331 e. The molecule has 0 unspecified atom stereocenters. The molecule has 0 aromatic heterocycles. The number of benzene rings is 3. The number of aliphatic carboxylic acids is 1. The first-order chi connectivity index (χ1) is 14.6. The van der Waals surface area contributed by atoms with Crippen molar-refractivity contribution in [3.05, 3.63) is 76.9 Å². The molecule has 1 N–H and O–H groups in total. The summed E-state index contributed by atoms with van der Waals surface area (Å²) >= 11 is 0. The summed E-state index contributed by atoms with van der Waals surface area (Å²) in [7, 11) is 3.14. The highest BCUT2D eigenvalue weighted by Crippen LogP contribution is 2.41. The van der Waals surface area contributed by atoms with Gasteiger partial charge in [-0.05, 0) is 40.6 Å². The third-order valence-corrected chi connectivity index (χ3v) is 4.96. The first-order valence-corrected chi connectivity index (χ1v) is 9.81. The van der Waals surface area contributed by atoms with Crippen LogP contribution in [0.2, 0.25) is 0 Å². The molecule has 0 fully saturated rings. The highest BCUT2D eigenvalue weighted by atomic mass is 16.7. The zero-order valence-electron chi connectivity index (χ0n) is 17.5. The maximum absolute atomic E-state index is 12.0. The van der Waals surface area contributed by atoms with Gasteiger partial charge in [0.25, 0.3) is 0 Å². The van der Waals surface area contributed by atoms with Gasteiger partial charge in [0.05, 0.1) is 7.11 Å². The van der Waals surface area contributed by atoms with E-state index in [1.807, 2.05) is 54.6 Å². The molecule has 0 aliphatic heterocycles. The lowest BCUT2D eigenvalue weighted by atomic mass is 9.94. The van der Waals surface area contributed by atoms with Gasteiger partial charge in [0, 0.05) is 24.5 Å². The van der Waals surface area contributed by atoms with E-state index in [9.17, 15) is 9.90 Å². The van der Waals surface area contributed by atoms with E-state index in [4.69, 9.17) is 14.2 Å². The van der Waals surface area contributed by atoms with Crippen molar-refractivity contribution in [3.63, 3.8) is 0 Å². The number of hydrogen-bond acceptors (Lipinski definition) is 4. The van der Waals surface area contributed by atoms with Crippen LogP contribution in [0, 0.1) is 0 Å². The van der Waals surface area contributed by atoms with Crippen LogP contribution >= 0.6 is 0 Å². The first kappa shape index (κ1) is 21.4. The molecule has 156 valence electrons. The molecule has 3 aromatic carbocycles. The molecule has 0 radical (unpaired) electrons. The number of hydrogen-bond donors (Lipinski definition) is 1. The molecule has 0 aliphatic rings. The Morgan fingerprint density at radius 3 is 2.47 bits per heavy atom. The van der Waals surface area contributed by atoms with Gasteiger partial charge in [-0.15, -0.1) is 0 Å². The number of carboxylic acid groups (broad SMARTS) is 1. The molecule has 0 amide bonds. The fourth-order valence-corrected chi connectivity index (χ4v) is 3.54. The average molecular weight is 406 g/mol. The van der Waals surface area contributed by atoms with Crippen molar-refractivity contribution < 1.29 is 24.1 Å². The summed E-state index contributed by atoms with van der Waals surface area (Å²) in [6, 6.07) is 17.4. The summed E-state index contributed by atoms with van der Waals surface area (Å²) in [4.78, 5) is 12.0. The summed E-state index contributed by atoms with van der Waals surface area (Å²) in [5.41, 5.74) is 3.11. The van der Waals surface area contributed by atoms with Crippen molar-refractivity contribution in [2.24, 2.45) is 0 Å². The number of rotatable bonds is 9. The summed E-state index contributed by atoms with van der Waals surface area (Å²) in [6.45, 7) is 2.16. The predicted octanol–water partition coefficient (Wildman–Crippen LogP) is 5.10. The highest BCUT2D eigenvalue weighted by Gasteiger charge is 2.18. The van der Waals surface area contributed by atoms with E-state index in [1.54, 1.807) is 20.3 Å². The molecule has 0 saturated heterocycles. The lowest BCUT2D eigenvalue weighted by molar-refractivity contribution is -0.132. The normalized spacial score (nSPS) is 11.5. The van der Waals surface area contributed by atoms with Crippen LogP contribution in [0.25, 0.3) is 16.8 Å². The standard InChI is InChI=1S/C25H26O5/c1-4-18-11-8-12-21-19(15-22(29-3)24(23(18)21)30-16-28-2)14-20(25(26)27)13-17-9-6-5-7-10-17/h5-12,14-15H,4,13,16H2,1-3H3,(H,26,27)/b20-14+. The lowest BCUT2D eigenvalue weighted by Gasteiger charge is -2.17. The van der Waals surface area contributed by atoms with Crippen LogP contribution in [0.15, 0.2) is 60.2 Å². The second-order valence-electron chi connectivity index (χ2n) is 6.88. The monoisotopic (exact) mass is 406 g/mol. The minimum absolute atomic E-state index is 0.0904. The van der Waals surface area contributed by atoms with E-state index >= 15 is 0 Å². The summed E-state index contributed by atoms with van der Waals surface area (Å²) in [5.74, 6) is 0.192. The highest BCUT2D eigenvalue weighted by molar-refractivity contribution is 6.02. The van der Waals surface area contributed by atoms with Gasteiger partial charge in [0.2, 0.25) is 0 Å². The molecule has 0 atom stereocenters. The molecular formula is C25H26O5. The van der Waals surface area contributed by atoms with E-state index in [0.29, 0.717) is 23.5 Å². The molecule has 3 rings (SSSR count). The van der Waals surface area contributed by atoms with Crippen LogP contribution in [0.3, 0.4) is 0 Å². The summed E-state index contributed by atoms with van der Waals surface area (Å²) < 4.78 is 16.5. The van der Waals surface area contributed by atoms with Gasteiger partial charge in [-0.25, -0.2) is 4.79 Å². The van der Waals surface area contributed by atoms with E-state index < -0.39 is 5.97 Å². The Kier molecular flexibility index (Phi) is 7.09. The Morgan fingerprint density at radius 2 is 1.83 bits per heavy atom. The van der Waals surface area contributed by atoms with Crippen molar-refractivity contribution in [1.82, 2.24) is 0 Å². The molecular weight excluding hydrogens is 380 g/mol. The quantitative estimate of drug-likeness (QED) is 0.395. The number of ether oxygens (including phenoxy) is 3. The van der Waals surface area contributed by atoms with Crippen LogP contribution in [-0.2, 0) is 22.4 Å². The number of carboxylic acids is 1. The lowest BCUT2D eigenvalue weighted by Crippen LogP contribution is -2.05. The largest absolute Gasteiger partial charge is 0.493 e. The molecule has 0 bridgehead atoms. The zero-order chi connectivity index (χ0) is 21.5. The second kappa shape index (κ2) is 9.94. The molecule has 0 saturated carbocycles. The van der Waals surface area contributed by atoms with Crippen molar-refractivity contribution in [2.45, 2.75) is 19.8 Å². The Balaban J connectivity index is 2.21. The average Bonchev–Trinajstić information content (AvgIpc) is 2.77. The second-order valence-corrected chi connectivity index (χ2v) is 6.88. The fourth-order valence-electron chi connectivity index (χ4n) is 3.54. The maximum Gasteiger partial charge on any atom is 0.331 e.